The number of nitrogens with zero attached hydrogens (tertiary/aromatic N) is 4. The topological polar surface area (TPSA) is 99.0 Å². The number of carbonyl (C=O) groups is 2. The number of nitro benzene ring substituents is 1. The smallest absolute Gasteiger partial charge is 0.293 e. The average Bonchev–Trinajstić information content (AvgIpc) is 3.01. The number of piperidine rings is 1. The fourth-order valence-electron chi connectivity index (χ4n) is 5.19. The van der Waals surface area contributed by atoms with E-state index >= 15 is 0 Å². The van der Waals surface area contributed by atoms with Crippen LogP contribution in [0.2, 0.25) is 0 Å². The molecule has 0 saturated carbocycles. The van der Waals surface area contributed by atoms with E-state index in [2.05, 4.69) is 10.2 Å². The molecule has 2 amide bonds. The van der Waals surface area contributed by atoms with Crippen molar-refractivity contribution < 1.29 is 14.5 Å². The van der Waals surface area contributed by atoms with Crippen molar-refractivity contribution in [1.29, 1.82) is 0 Å². The molecule has 0 spiro atoms. The van der Waals surface area contributed by atoms with Crippen LogP contribution >= 0.6 is 0 Å². The second kappa shape index (κ2) is 12.5. The zero-order chi connectivity index (χ0) is 27.9. The second-order valence-electron chi connectivity index (χ2n) is 10.1. The van der Waals surface area contributed by atoms with Crippen molar-refractivity contribution >= 4 is 40.6 Å². The third kappa shape index (κ3) is 6.48. The Bertz CT molecular complexity index is 1380. The summed E-state index contributed by atoms with van der Waals surface area (Å²) in [6, 6.07) is 22.0. The highest BCUT2D eigenvalue weighted by molar-refractivity contribution is 6.05. The molecular formula is C31H33N5O4. The highest BCUT2D eigenvalue weighted by Crippen LogP contribution is 2.31. The first-order valence-electron chi connectivity index (χ1n) is 13.7. The third-order valence-corrected chi connectivity index (χ3v) is 7.43. The van der Waals surface area contributed by atoms with Crippen molar-refractivity contribution in [3.8, 4) is 0 Å². The largest absolute Gasteiger partial charge is 0.368 e. The molecule has 2 fully saturated rings. The van der Waals surface area contributed by atoms with E-state index in [9.17, 15) is 19.7 Å². The van der Waals surface area contributed by atoms with Gasteiger partial charge in [-0.15, -0.1) is 0 Å². The van der Waals surface area contributed by atoms with Gasteiger partial charge in [-0.2, -0.15) is 0 Å². The zero-order valence-electron chi connectivity index (χ0n) is 22.4. The van der Waals surface area contributed by atoms with E-state index in [1.165, 1.54) is 6.07 Å². The molecule has 0 aromatic heterocycles. The minimum atomic E-state index is -0.414. The predicted molar refractivity (Wildman–Crippen MR) is 158 cm³/mol. The van der Waals surface area contributed by atoms with E-state index < -0.39 is 10.8 Å². The van der Waals surface area contributed by atoms with Crippen LogP contribution in [-0.2, 0) is 4.79 Å². The Kier molecular flexibility index (Phi) is 8.39. The first kappa shape index (κ1) is 26.9. The van der Waals surface area contributed by atoms with Gasteiger partial charge in [0.2, 0.25) is 5.91 Å². The molecule has 0 aliphatic carbocycles. The molecule has 2 heterocycles. The number of nitrogens with one attached hydrogen (secondary N) is 1. The Hall–Kier alpha value is -4.66. The van der Waals surface area contributed by atoms with Gasteiger partial charge in [-0.25, -0.2) is 0 Å². The summed E-state index contributed by atoms with van der Waals surface area (Å²) in [7, 11) is 0. The highest BCUT2D eigenvalue weighted by atomic mass is 16.6. The van der Waals surface area contributed by atoms with Gasteiger partial charge in [0.25, 0.3) is 11.6 Å². The van der Waals surface area contributed by atoms with Crippen molar-refractivity contribution in [2.24, 2.45) is 0 Å². The number of anilines is 3. The number of amides is 2. The van der Waals surface area contributed by atoms with Crippen LogP contribution in [0.15, 0.2) is 78.9 Å². The average molecular weight is 540 g/mol. The summed E-state index contributed by atoms with van der Waals surface area (Å²) in [5.74, 6) is -0.387. The molecule has 0 unspecified atom stereocenters. The Labute approximate surface area is 233 Å². The predicted octanol–water partition coefficient (Wildman–Crippen LogP) is 5.20. The van der Waals surface area contributed by atoms with Crippen LogP contribution in [0.3, 0.4) is 0 Å². The van der Waals surface area contributed by atoms with Crippen molar-refractivity contribution in [2.45, 2.75) is 19.3 Å². The van der Waals surface area contributed by atoms with Gasteiger partial charge in [0.1, 0.15) is 5.69 Å². The lowest BCUT2D eigenvalue weighted by Gasteiger charge is -2.35. The molecule has 0 radical (unpaired) electrons. The zero-order valence-corrected chi connectivity index (χ0v) is 22.4. The van der Waals surface area contributed by atoms with Crippen LogP contribution in [0, 0.1) is 10.1 Å². The number of hydrogen-bond donors (Lipinski definition) is 1. The fraction of sp³-hybridized carbons (Fsp3) is 0.290. The van der Waals surface area contributed by atoms with Crippen LogP contribution < -0.4 is 15.1 Å². The van der Waals surface area contributed by atoms with Crippen molar-refractivity contribution in [1.82, 2.24) is 4.90 Å². The maximum absolute atomic E-state index is 12.9. The molecule has 206 valence electrons. The summed E-state index contributed by atoms with van der Waals surface area (Å²) in [5.41, 5.74) is 3.38. The van der Waals surface area contributed by atoms with Crippen LogP contribution in [0.25, 0.3) is 6.08 Å². The summed E-state index contributed by atoms with van der Waals surface area (Å²) in [5, 5.41) is 14.6. The van der Waals surface area contributed by atoms with Crippen LogP contribution in [-0.4, -0.2) is 60.9 Å². The van der Waals surface area contributed by atoms with Gasteiger partial charge < -0.3 is 20.0 Å². The van der Waals surface area contributed by atoms with Gasteiger partial charge in [0.15, 0.2) is 0 Å². The summed E-state index contributed by atoms with van der Waals surface area (Å²) in [6.07, 6.45) is 6.61. The SMILES string of the molecule is O=C(Nc1ccc(N2CCN(C(=O)/C=C/c3ccccc3)CC2)cc1)c1ccc(N2CCCCC2)c([N+](=O)[O-])c1. The molecule has 40 heavy (non-hydrogen) atoms. The molecule has 3 aromatic rings. The van der Waals surface area contributed by atoms with E-state index in [-0.39, 0.29) is 17.2 Å². The van der Waals surface area contributed by atoms with Crippen molar-refractivity contribution in [3.05, 3.63) is 100 Å². The molecule has 9 nitrogen and oxygen atoms in total. The van der Waals surface area contributed by atoms with Crippen molar-refractivity contribution in [2.75, 3.05) is 54.4 Å². The molecule has 0 bridgehead atoms. The molecule has 2 aliphatic rings. The van der Waals surface area contributed by atoms with Gasteiger partial charge in [0, 0.05) is 68.3 Å². The van der Waals surface area contributed by atoms with Gasteiger partial charge in [-0.3, -0.25) is 19.7 Å². The molecule has 1 N–H and O–H groups in total. The highest BCUT2D eigenvalue weighted by Gasteiger charge is 2.24. The number of hydrogen-bond acceptors (Lipinski definition) is 6. The maximum Gasteiger partial charge on any atom is 0.293 e. The quantitative estimate of drug-likeness (QED) is 0.252. The van der Waals surface area contributed by atoms with Crippen LogP contribution in [0.4, 0.5) is 22.7 Å². The van der Waals surface area contributed by atoms with E-state index in [1.54, 1.807) is 18.2 Å². The normalized spacial score (nSPS) is 15.8. The first-order chi connectivity index (χ1) is 19.5. The summed E-state index contributed by atoms with van der Waals surface area (Å²) >= 11 is 0. The van der Waals surface area contributed by atoms with Gasteiger partial charge in [0.05, 0.1) is 4.92 Å². The van der Waals surface area contributed by atoms with E-state index in [1.807, 2.05) is 70.5 Å². The lowest BCUT2D eigenvalue weighted by molar-refractivity contribution is -0.384. The monoisotopic (exact) mass is 539 g/mol. The van der Waals surface area contributed by atoms with Crippen molar-refractivity contribution in [3.63, 3.8) is 0 Å². The number of nitro groups is 1. The first-order valence-corrected chi connectivity index (χ1v) is 13.7. The van der Waals surface area contributed by atoms with Gasteiger partial charge in [-0.05, 0) is 67.3 Å². The Morgan fingerprint density at radius 1 is 0.800 bits per heavy atom. The standard InChI is InChI=1S/C31H33N5O4/c37-30(16-9-24-7-3-1-4-8-24)35-21-19-33(20-22-35)27-13-11-26(12-14-27)32-31(38)25-10-15-28(29(23-25)36(39)40)34-17-5-2-6-18-34/h1,3-4,7-16,23H,2,5-6,17-22H2,(H,32,38)/b16-9+. The number of benzene rings is 3. The lowest BCUT2D eigenvalue weighted by Crippen LogP contribution is -2.48. The second-order valence-corrected chi connectivity index (χ2v) is 10.1. The van der Waals surface area contributed by atoms with E-state index in [4.69, 9.17) is 0 Å². The summed E-state index contributed by atoms with van der Waals surface area (Å²) in [4.78, 5) is 42.9. The molecule has 3 aromatic carbocycles. The lowest BCUT2D eigenvalue weighted by atomic mass is 10.1. The molecule has 2 saturated heterocycles. The number of rotatable bonds is 7. The molecule has 0 atom stereocenters. The molecule has 2 aliphatic heterocycles. The minimum absolute atomic E-state index is 0.00533. The third-order valence-electron chi connectivity index (χ3n) is 7.43. The maximum atomic E-state index is 12.9. The van der Waals surface area contributed by atoms with Crippen LogP contribution in [0.1, 0.15) is 35.2 Å². The minimum Gasteiger partial charge on any atom is -0.368 e. The molecular weight excluding hydrogens is 506 g/mol. The summed E-state index contributed by atoms with van der Waals surface area (Å²) in [6.45, 7) is 4.25. The molecule has 9 heteroatoms. The van der Waals surface area contributed by atoms with Crippen LogP contribution in [0.5, 0.6) is 0 Å². The number of piperazine rings is 1. The van der Waals surface area contributed by atoms with Gasteiger partial charge in [-0.1, -0.05) is 30.3 Å². The van der Waals surface area contributed by atoms with E-state index in [0.717, 1.165) is 43.6 Å². The Balaban J connectivity index is 1.16. The van der Waals surface area contributed by atoms with Gasteiger partial charge >= 0.3 is 0 Å². The Morgan fingerprint density at radius 3 is 2.17 bits per heavy atom. The summed E-state index contributed by atoms with van der Waals surface area (Å²) < 4.78 is 0. The fourth-order valence-corrected chi connectivity index (χ4v) is 5.19. The number of carbonyl (C=O) groups excluding carboxylic acids is 2. The van der Waals surface area contributed by atoms with E-state index in [0.29, 0.717) is 37.6 Å². The molecule has 5 rings (SSSR count). The Morgan fingerprint density at radius 2 is 1.50 bits per heavy atom.